The summed E-state index contributed by atoms with van der Waals surface area (Å²) in [5.74, 6) is 0. The van der Waals surface area contributed by atoms with E-state index < -0.39 is 21.3 Å². The molecule has 0 aliphatic carbocycles. The van der Waals surface area contributed by atoms with Crippen molar-refractivity contribution in [1.82, 2.24) is 0 Å². The van der Waals surface area contributed by atoms with Crippen LogP contribution < -0.4 is 0 Å². The molecule has 0 saturated carbocycles. The molecule has 0 unspecified atom stereocenters. The van der Waals surface area contributed by atoms with Gasteiger partial charge < -0.3 is 0 Å². The van der Waals surface area contributed by atoms with Crippen molar-refractivity contribution in [3.8, 4) is 0 Å². The van der Waals surface area contributed by atoms with Crippen molar-refractivity contribution < 1.29 is 13.5 Å². The summed E-state index contributed by atoms with van der Waals surface area (Å²) in [5, 5.41) is 0. The van der Waals surface area contributed by atoms with Crippen molar-refractivity contribution in [2.45, 2.75) is 7.78 Å². The van der Waals surface area contributed by atoms with Crippen LogP contribution in [0.15, 0.2) is 182 Å². The zero-order valence-electron chi connectivity index (χ0n) is 22.4. The van der Waals surface area contributed by atoms with Gasteiger partial charge in [0.2, 0.25) is 0 Å². The SMILES string of the molecule is [Cl][Pd]([Cl])([C](c1ccccc1)(c1ccccc1)c1ccccc1)[C](c1ccccc1)(c1ccccc1)c1ccccc1. The van der Waals surface area contributed by atoms with Gasteiger partial charge in [-0.15, -0.1) is 0 Å². The molecule has 0 aromatic heterocycles. The predicted molar refractivity (Wildman–Crippen MR) is 170 cm³/mol. The standard InChI is InChI=1S/2C19H15.2ClH.Pd/c2*1-4-10-16(11-5-1)19(17-12-6-2-7-13-17)18-14-8-3-9-15-18;;;/h2*1-15H;2*1H;/q;;;;+2/p-2. The average Bonchev–Trinajstić information content (AvgIpc) is 3.05. The number of benzene rings is 6. The molecule has 0 nitrogen and oxygen atoms in total. The van der Waals surface area contributed by atoms with E-state index >= 15 is 0 Å². The van der Waals surface area contributed by atoms with E-state index in [2.05, 4.69) is 182 Å². The molecule has 0 bridgehead atoms. The fourth-order valence-corrected chi connectivity index (χ4v) is 16.5. The Balaban J connectivity index is 1.86. The van der Waals surface area contributed by atoms with Crippen molar-refractivity contribution in [3.05, 3.63) is 215 Å². The van der Waals surface area contributed by atoms with Crippen LogP contribution in [0.25, 0.3) is 0 Å². The molecule has 0 N–H and O–H groups in total. The Labute approximate surface area is 254 Å². The predicted octanol–water partition coefficient (Wildman–Crippen LogP) is 10.4. The number of hydrogen-bond acceptors (Lipinski definition) is 0. The first-order valence-electron chi connectivity index (χ1n) is 13.5. The third-order valence-corrected chi connectivity index (χ3v) is 17.4. The summed E-state index contributed by atoms with van der Waals surface area (Å²) in [4.78, 5) is 0. The molecule has 6 rings (SSSR count). The fourth-order valence-electron chi connectivity index (χ4n) is 5.81. The number of halogens is 2. The van der Waals surface area contributed by atoms with Gasteiger partial charge in [-0.05, 0) is 0 Å². The van der Waals surface area contributed by atoms with Gasteiger partial charge in [-0.1, -0.05) is 0 Å². The number of hydrogen-bond donors (Lipinski definition) is 0. The van der Waals surface area contributed by atoms with Gasteiger partial charge in [0.25, 0.3) is 0 Å². The Kier molecular flexibility index (Phi) is 7.99. The summed E-state index contributed by atoms with van der Waals surface area (Å²) in [7, 11) is 17.0. The van der Waals surface area contributed by atoms with Crippen molar-refractivity contribution in [2.75, 3.05) is 0 Å². The van der Waals surface area contributed by atoms with Crippen LogP contribution in [0.4, 0.5) is 0 Å². The summed E-state index contributed by atoms with van der Waals surface area (Å²) in [5.41, 5.74) is 6.45. The maximum atomic E-state index is 8.50. The quantitative estimate of drug-likeness (QED) is 0.112. The van der Waals surface area contributed by atoms with Gasteiger partial charge in [0.15, 0.2) is 0 Å². The van der Waals surface area contributed by atoms with Crippen LogP contribution in [-0.4, -0.2) is 0 Å². The zero-order valence-corrected chi connectivity index (χ0v) is 25.5. The molecule has 0 amide bonds. The Morgan fingerprint density at radius 1 is 0.268 bits per heavy atom. The topological polar surface area (TPSA) is 0 Å². The van der Waals surface area contributed by atoms with Crippen LogP contribution in [-0.2, 0) is 21.3 Å². The second-order valence-corrected chi connectivity index (χ2v) is 18.9. The molecule has 0 spiro atoms. The summed E-state index contributed by atoms with van der Waals surface area (Å²) in [6.45, 7) is 0. The molecule has 3 heteroatoms. The van der Waals surface area contributed by atoms with Gasteiger partial charge >= 0.3 is 256 Å². The first-order valence-corrected chi connectivity index (χ1v) is 19.1. The van der Waals surface area contributed by atoms with E-state index in [4.69, 9.17) is 19.1 Å². The van der Waals surface area contributed by atoms with Crippen LogP contribution in [0.5, 0.6) is 0 Å². The fraction of sp³-hybridized carbons (Fsp3) is 0.0526. The maximum absolute atomic E-state index is 8.50. The van der Waals surface area contributed by atoms with E-state index in [-0.39, 0.29) is 0 Å². The van der Waals surface area contributed by atoms with Gasteiger partial charge in [-0.25, -0.2) is 0 Å². The van der Waals surface area contributed by atoms with Gasteiger partial charge in [0, 0.05) is 0 Å². The van der Waals surface area contributed by atoms with E-state index in [0.29, 0.717) is 0 Å². The molecule has 0 saturated heterocycles. The molecule has 41 heavy (non-hydrogen) atoms. The first-order chi connectivity index (χ1) is 20.1. The average molecular weight is 664 g/mol. The molecule has 0 aliphatic heterocycles. The monoisotopic (exact) mass is 662 g/mol. The molecule has 206 valence electrons. The van der Waals surface area contributed by atoms with Crippen LogP contribution in [0.2, 0.25) is 0 Å². The van der Waals surface area contributed by atoms with Crippen LogP contribution in [0, 0.1) is 0 Å². The number of rotatable bonds is 8. The van der Waals surface area contributed by atoms with E-state index in [1.54, 1.807) is 0 Å². The molecular formula is C38H30Cl2Pd. The van der Waals surface area contributed by atoms with Gasteiger partial charge in [0.1, 0.15) is 0 Å². The molecule has 0 radical (unpaired) electrons. The molecule has 6 aromatic carbocycles. The Hall–Kier alpha value is -3.44. The van der Waals surface area contributed by atoms with Gasteiger partial charge in [-0.3, -0.25) is 0 Å². The Bertz CT molecular complexity index is 1350. The molecule has 0 atom stereocenters. The minimum absolute atomic E-state index is 0.849. The van der Waals surface area contributed by atoms with Crippen molar-refractivity contribution >= 4 is 19.1 Å². The Morgan fingerprint density at radius 2 is 0.415 bits per heavy atom. The third kappa shape index (κ3) is 4.50. The summed E-state index contributed by atoms with van der Waals surface area (Å²) >= 11 is -3.94. The second kappa shape index (κ2) is 11.8. The molecule has 0 heterocycles. The second-order valence-electron chi connectivity index (χ2n) is 9.78. The molecule has 0 aliphatic rings. The van der Waals surface area contributed by atoms with Gasteiger partial charge in [-0.2, -0.15) is 0 Å². The van der Waals surface area contributed by atoms with Crippen LogP contribution >= 0.6 is 19.1 Å². The van der Waals surface area contributed by atoms with Crippen molar-refractivity contribution in [2.24, 2.45) is 0 Å². The summed E-state index contributed by atoms with van der Waals surface area (Å²) < 4.78 is -1.70. The third-order valence-electron chi connectivity index (χ3n) is 7.52. The van der Waals surface area contributed by atoms with E-state index in [9.17, 15) is 0 Å². The molecule has 0 fully saturated rings. The van der Waals surface area contributed by atoms with Gasteiger partial charge in [0.05, 0.1) is 0 Å². The van der Waals surface area contributed by atoms with Crippen LogP contribution in [0.3, 0.4) is 0 Å². The molecule has 6 aromatic rings. The van der Waals surface area contributed by atoms with E-state index in [0.717, 1.165) is 33.4 Å². The zero-order chi connectivity index (χ0) is 28.2. The summed E-state index contributed by atoms with van der Waals surface area (Å²) in [6, 6.07) is 63.6. The van der Waals surface area contributed by atoms with Crippen molar-refractivity contribution in [3.63, 3.8) is 0 Å². The van der Waals surface area contributed by atoms with E-state index in [1.807, 2.05) is 0 Å². The minimum atomic E-state index is -3.94. The first kappa shape index (κ1) is 27.7. The normalized spacial score (nSPS) is 12.5. The molecular weight excluding hydrogens is 634 g/mol. The summed E-state index contributed by atoms with van der Waals surface area (Å²) in [6.07, 6.45) is 0. The van der Waals surface area contributed by atoms with E-state index in [1.165, 1.54) is 0 Å². The Morgan fingerprint density at radius 3 is 0.561 bits per heavy atom. The van der Waals surface area contributed by atoms with Crippen LogP contribution in [0.1, 0.15) is 33.4 Å². The van der Waals surface area contributed by atoms with Crippen molar-refractivity contribution in [1.29, 1.82) is 0 Å².